The molecule has 0 N–H and O–H groups in total. The number of allylic oxidation sites excluding steroid dienone is 2. The van der Waals surface area contributed by atoms with Crippen LogP contribution in [0.5, 0.6) is 0 Å². The van der Waals surface area contributed by atoms with E-state index in [-0.39, 0.29) is 22.8 Å². The molecular formula is C19H34O4. The number of hydrogen-bond donors (Lipinski definition) is 0. The fourth-order valence-corrected chi connectivity index (χ4v) is 1.77. The van der Waals surface area contributed by atoms with Crippen LogP contribution in [0.3, 0.4) is 0 Å². The molecule has 0 heterocycles. The van der Waals surface area contributed by atoms with Gasteiger partial charge in [0.25, 0.3) is 0 Å². The molecule has 23 heavy (non-hydrogen) atoms. The van der Waals surface area contributed by atoms with Gasteiger partial charge in [-0.2, -0.15) is 0 Å². The third-order valence-corrected chi connectivity index (χ3v) is 3.20. The van der Waals surface area contributed by atoms with E-state index >= 15 is 0 Å². The second-order valence-electron chi connectivity index (χ2n) is 8.54. The molecule has 0 aromatic rings. The third-order valence-electron chi connectivity index (χ3n) is 3.20. The zero-order valence-electron chi connectivity index (χ0n) is 16.1. The first-order valence-corrected chi connectivity index (χ1v) is 8.32. The van der Waals surface area contributed by atoms with Crippen molar-refractivity contribution in [1.82, 2.24) is 0 Å². The maximum absolute atomic E-state index is 12.4. The number of esters is 2. The Balaban J connectivity index is 4.86. The lowest BCUT2D eigenvalue weighted by atomic mass is 9.90. The van der Waals surface area contributed by atoms with Gasteiger partial charge in [-0.1, -0.05) is 60.6 Å². The molecular weight excluding hydrogens is 292 g/mol. The predicted octanol–water partition coefficient (Wildman–Crippen LogP) is 4.38. The van der Waals surface area contributed by atoms with Crippen LogP contribution in [-0.4, -0.2) is 25.2 Å². The first-order valence-electron chi connectivity index (χ1n) is 8.32. The SMILES string of the molecule is CC=CCC(C(=O)OCC(C)(C)C)C(C)C(=O)OCC(C)(C)C. The van der Waals surface area contributed by atoms with Crippen LogP contribution in [0.25, 0.3) is 0 Å². The third kappa shape index (κ3) is 10.1. The van der Waals surface area contributed by atoms with Crippen LogP contribution in [0.15, 0.2) is 12.2 Å². The van der Waals surface area contributed by atoms with Crippen molar-refractivity contribution in [2.24, 2.45) is 22.7 Å². The van der Waals surface area contributed by atoms with Crippen LogP contribution in [0.2, 0.25) is 0 Å². The van der Waals surface area contributed by atoms with Crippen LogP contribution >= 0.6 is 0 Å². The molecule has 2 unspecified atom stereocenters. The fourth-order valence-electron chi connectivity index (χ4n) is 1.77. The van der Waals surface area contributed by atoms with Crippen molar-refractivity contribution >= 4 is 11.9 Å². The average molecular weight is 326 g/mol. The second kappa shape index (κ2) is 9.09. The summed E-state index contributed by atoms with van der Waals surface area (Å²) in [6.07, 6.45) is 4.24. The van der Waals surface area contributed by atoms with Crippen molar-refractivity contribution in [3.63, 3.8) is 0 Å². The van der Waals surface area contributed by atoms with Gasteiger partial charge in [0, 0.05) is 0 Å². The van der Waals surface area contributed by atoms with Crippen molar-refractivity contribution in [1.29, 1.82) is 0 Å². The van der Waals surface area contributed by atoms with E-state index in [9.17, 15) is 9.59 Å². The van der Waals surface area contributed by atoms with Gasteiger partial charge in [-0.05, 0) is 24.2 Å². The molecule has 0 saturated carbocycles. The van der Waals surface area contributed by atoms with E-state index in [2.05, 4.69) is 0 Å². The number of carbonyl (C=O) groups is 2. The summed E-state index contributed by atoms with van der Waals surface area (Å²) in [7, 11) is 0. The van der Waals surface area contributed by atoms with Gasteiger partial charge in [0.2, 0.25) is 0 Å². The molecule has 0 aliphatic carbocycles. The topological polar surface area (TPSA) is 52.6 Å². The molecule has 0 amide bonds. The quantitative estimate of drug-likeness (QED) is 0.514. The zero-order chi connectivity index (χ0) is 18.3. The molecule has 0 aliphatic heterocycles. The fraction of sp³-hybridized carbons (Fsp3) is 0.789. The minimum absolute atomic E-state index is 0.0963. The molecule has 134 valence electrons. The standard InChI is InChI=1S/C19H34O4/c1-9-10-11-15(17(21)23-13-19(6,7)8)14(2)16(20)22-12-18(3,4)5/h9-10,14-15H,11-13H2,1-8H3. The lowest BCUT2D eigenvalue weighted by molar-refractivity contribution is -0.162. The molecule has 2 atom stereocenters. The van der Waals surface area contributed by atoms with Crippen molar-refractivity contribution in [3.05, 3.63) is 12.2 Å². The second-order valence-corrected chi connectivity index (χ2v) is 8.54. The number of hydrogen-bond acceptors (Lipinski definition) is 4. The van der Waals surface area contributed by atoms with Gasteiger partial charge in [0.05, 0.1) is 25.0 Å². The molecule has 0 aromatic heterocycles. The Bertz CT molecular complexity index is 410. The number of rotatable bonds is 7. The van der Waals surface area contributed by atoms with E-state index in [4.69, 9.17) is 9.47 Å². The zero-order valence-corrected chi connectivity index (χ0v) is 16.1. The van der Waals surface area contributed by atoms with Crippen LogP contribution in [0.4, 0.5) is 0 Å². The Morgan fingerprint density at radius 1 is 0.913 bits per heavy atom. The van der Waals surface area contributed by atoms with E-state index < -0.39 is 11.8 Å². The lowest BCUT2D eigenvalue weighted by Gasteiger charge is -2.25. The highest BCUT2D eigenvalue weighted by Gasteiger charge is 2.33. The summed E-state index contributed by atoms with van der Waals surface area (Å²) in [5, 5.41) is 0. The minimum atomic E-state index is -0.527. The lowest BCUT2D eigenvalue weighted by Crippen LogP contribution is -2.33. The van der Waals surface area contributed by atoms with Crippen molar-refractivity contribution in [2.45, 2.75) is 61.8 Å². The minimum Gasteiger partial charge on any atom is -0.465 e. The Hall–Kier alpha value is -1.32. The Morgan fingerprint density at radius 2 is 1.35 bits per heavy atom. The van der Waals surface area contributed by atoms with Gasteiger partial charge in [-0.25, -0.2) is 0 Å². The summed E-state index contributed by atoms with van der Waals surface area (Å²) >= 11 is 0. The van der Waals surface area contributed by atoms with E-state index in [0.29, 0.717) is 19.6 Å². The molecule has 0 aliphatic rings. The molecule has 4 heteroatoms. The average Bonchev–Trinajstić information content (AvgIpc) is 2.41. The van der Waals surface area contributed by atoms with E-state index in [1.54, 1.807) is 6.92 Å². The van der Waals surface area contributed by atoms with Crippen LogP contribution < -0.4 is 0 Å². The van der Waals surface area contributed by atoms with E-state index in [1.807, 2.05) is 60.6 Å². The molecule has 0 spiro atoms. The summed E-state index contributed by atoms with van der Waals surface area (Å²) < 4.78 is 10.8. The van der Waals surface area contributed by atoms with E-state index in [0.717, 1.165) is 0 Å². The van der Waals surface area contributed by atoms with Gasteiger partial charge >= 0.3 is 11.9 Å². The largest absolute Gasteiger partial charge is 0.465 e. The summed E-state index contributed by atoms with van der Waals surface area (Å²) in [5.41, 5.74) is -0.197. The van der Waals surface area contributed by atoms with Crippen LogP contribution in [-0.2, 0) is 19.1 Å². The number of ether oxygens (including phenoxy) is 2. The molecule has 0 aromatic carbocycles. The van der Waals surface area contributed by atoms with Crippen molar-refractivity contribution in [3.8, 4) is 0 Å². The summed E-state index contributed by atoms with van der Waals surface area (Å²) in [6, 6.07) is 0. The highest BCUT2D eigenvalue weighted by atomic mass is 16.5. The maximum atomic E-state index is 12.4. The van der Waals surface area contributed by atoms with Gasteiger partial charge in [0.1, 0.15) is 0 Å². The van der Waals surface area contributed by atoms with Gasteiger partial charge in [-0.15, -0.1) is 0 Å². The Labute approximate surface area is 141 Å². The predicted molar refractivity (Wildman–Crippen MR) is 92.9 cm³/mol. The van der Waals surface area contributed by atoms with Crippen molar-refractivity contribution < 1.29 is 19.1 Å². The van der Waals surface area contributed by atoms with Crippen LogP contribution in [0.1, 0.15) is 61.8 Å². The van der Waals surface area contributed by atoms with Crippen LogP contribution in [0, 0.1) is 22.7 Å². The van der Waals surface area contributed by atoms with Gasteiger partial charge in [0.15, 0.2) is 0 Å². The van der Waals surface area contributed by atoms with Gasteiger partial charge in [-0.3, -0.25) is 9.59 Å². The molecule has 0 saturated heterocycles. The molecule has 0 radical (unpaired) electrons. The Morgan fingerprint density at radius 3 is 1.74 bits per heavy atom. The van der Waals surface area contributed by atoms with E-state index in [1.165, 1.54) is 0 Å². The summed E-state index contributed by atoms with van der Waals surface area (Å²) in [5.74, 6) is -1.72. The Kier molecular flexibility index (Phi) is 8.57. The molecule has 0 rings (SSSR count). The summed E-state index contributed by atoms with van der Waals surface area (Å²) in [6.45, 7) is 16.3. The smallest absolute Gasteiger partial charge is 0.310 e. The monoisotopic (exact) mass is 326 g/mol. The highest BCUT2D eigenvalue weighted by molar-refractivity contribution is 5.82. The molecule has 0 fully saturated rings. The summed E-state index contributed by atoms with van der Waals surface area (Å²) in [4.78, 5) is 24.6. The van der Waals surface area contributed by atoms with Gasteiger partial charge < -0.3 is 9.47 Å². The maximum Gasteiger partial charge on any atom is 0.310 e. The molecule has 0 bridgehead atoms. The highest BCUT2D eigenvalue weighted by Crippen LogP contribution is 2.23. The first-order chi connectivity index (χ1) is 10.4. The normalized spacial score (nSPS) is 15.3. The van der Waals surface area contributed by atoms with Crippen molar-refractivity contribution in [2.75, 3.05) is 13.2 Å². The number of carbonyl (C=O) groups excluding carboxylic acids is 2. The molecule has 4 nitrogen and oxygen atoms in total. The first kappa shape index (κ1) is 21.7.